The number of nitrogens with zero attached hydrogens (tertiary/aromatic N) is 1. The molecule has 11 nitrogen and oxygen atoms in total. The summed E-state index contributed by atoms with van der Waals surface area (Å²) in [5.74, 6) is 1.30. The molecule has 0 aliphatic rings. The second kappa shape index (κ2) is 31.7. The predicted molar refractivity (Wildman–Crippen MR) is 229 cm³/mol. The van der Waals surface area contributed by atoms with Crippen molar-refractivity contribution in [3.8, 4) is 11.5 Å². The number of nitrogens with one attached hydrogen (secondary N) is 2. The monoisotopic (exact) mass is 911 g/mol. The van der Waals surface area contributed by atoms with E-state index in [9.17, 15) is 14.4 Å². The fourth-order valence-corrected chi connectivity index (χ4v) is 6.40. The minimum absolute atomic E-state index is 0. The molecule has 0 heterocycles. The Bertz CT molecular complexity index is 1720. The average Bonchev–Trinajstić information content (AvgIpc) is 3.14. The molecule has 0 fully saturated rings. The van der Waals surface area contributed by atoms with Crippen molar-refractivity contribution in [2.75, 3.05) is 26.1 Å². The maximum absolute atomic E-state index is 13.6. The van der Waals surface area contributed by atoms with E-state index in [2.05, 4.69) is 64.1 Å². The number of amides is 3. The fraction of sp³-hybridized carbons (Fsp3) is 0.500. The third kappa shape index (κ3) is 21.7. The van der Waals surface area contributed by atoms with Crippen molar-refractivity contribution >= 4 is 47.4 Å². The Morgan fingerprint density at radius 1 is 0.780 bits per heavy atom. The maximum Gasteiger partial charge on any atom is 1.00 e. The van der Waals surface area contributed by atoms with E-state index in [1.165, 1.54) is 5.01 Å². The summed E-state index contributed by atoms with van der Waals surface area (Å²) in [5.41, 5.74) is 8.27. The quantitative estimate of drug-likeness (QED) is 0.0983. The molecule has 0 radical (unpaired) electrons. The Balaban J connectivity index is -0.000000454. The molecule has 3 rings (SSSR count). The summed E-state index contributed by atoms with van der Waals surface area (Å²) in [6.07, 6.45) is 1.76. The van der Waals surface area contributed by atoms with E-state index in [-0.39, 0.29) is 151 Å². The molecule has 0 saturated carbocycles. The number of hydrogen-bond donors (Lipinski definition) is 2. The number of aryl methyl sites for hydroxylation is 2. The molecule has 0 bridgehead atoms. The van der Waals surface area contributed by atoms with Crippen molar-refractivity contribution in [1.82, 2.24) is 15.8 Å². The van der Waals surface area contributed by atoms with Crippen LogP contribution in [0.5, 0.6) is 11.5 Å². The van der Waals surface area contributed by atoms with Crippen molar-refractivity contribution in [3.63, 3.8) is 0 Å². The van der Waals surface area contributed by atoms with Gasteiger partial charge in [-0.05, 0) is 87.3 Å². The molecule has 0 aliphatic heterocycles. The summed E-state index contributed by atoms with van der Waals surface area (Å²) < 4.78 is 10.6. The van der Waals surface area contributed by atoms with Crippen molar-refractivity contribution in [2.45, 2.75) is 102 Å². The molecule has 0 aliphatic carbocycles. The SMILES string of the molecule is CCC(CNC(=O)c1cccc(OC)c1C)C(C)(C)C.CCC(N(NC(=O)c1cccc(OC)c1C)C(=O)c1cc(C)cc(C)c1)C(C)(C)C.ClCCl.O=CO[O-].[H-].[K+].[K+]. The standard InChI is InChI=1S/C25H34N2O3.C17H27NO2.CH2Cl2.CH2O3.2K.H/c1-9-22(25(5,6)7)27(24(29)19-14-16(2)13-17(3)15-19)26-23(28)20-11-10-12-21(30-8)18(20)4;1-7-13(17(3,4)5)11-18-16(19)14-9-8-10-15(20-6)12(14)2;2-1-3;2-1-4-3;;;/h10-15,22H,9H2,1-8H3,(H,26,28);8-10,13H,7,11H2,1-6H3,(H,18,19);1H2;1,3H;;;/q;;;;2*+1;-1/p-1. The van der Waals surface area contributed by atoms with Gasteiger partial charge in [-0.3, -0.25) is 24.6 Å². The number of methoxy groups -OCH3 is 2. The molecular weight excluding hydrogens is 848 g/mol. The van der Waals surface area contributed by atoms with Gasteiger partial charge in [0.25, 0.3) is 24.2 Å². The van der Waals surface area contributed by atoms with Gasteiger partial charge in [-0.15, -0.1) is 23.2 Å². The van der Waals surface area contributed by atoms with Gasteiger partial charge < -0.3 is 26.4 Å². The van der Waals surface area contributed by atoms with Crippen molar-refractivity contribution in [2.24, 2.45) is 16.7 Å². The first-order valence-corrected chi connectivity index (χ1v) is 19.8. The van der Waals surface area contributed by atoms with E-state index < -0.39 is 0 Å². The Hall–Kier alpha value is -1.05. The molecule has 0 spiro atoms. The second-order valence-electron chi connectivity index (χ2n) is 15.5. The first-order chi connectivity index (χ1) is 26.6. The summed E-state index contributed by atoms with van der Waals surface area (Å²) >= 11 is 9.53. The number of halogens is 2. The number of benzene rings is 3. The number of rotatable bonds is 11. The van der Waals surface area contributed by atoms with Crippen LogP contribution in [0.4, 0.5) is 0 Å². The Kier molecular flexibility index (Phi) is 33.5. The molecule has 59 heavy (non-hydrogen) atoms. The van der Waals surface area contributed by atoms with Crippen LogP contribution in [0.1, 0.15) is 123 Å². The topological polar surface area (TPSA) is 146 Å². The van der Waals surface area contributed by atoms with Gasteiger partial charge in [0, 0.05) is 34.4 Å². The van der Waals surface area contributed by atoms with E-state index in [0.29, 0.717) is 41.3 Å². The minimum Gasteiger partial charge on any atom is -1.00 e. The molecular formula is C44H65Cl2K2N3O8. The van der Waals surface area contributed by atoms with Gasteiger partial charge in [-0.1, -0.05) is 91.1 Å². The average molecular weight is 913 g/mol. The van der Waals surface area contributed by atoms with Crippen LogP contribution in [0, 0.1) is 44.4 Å². The van der Waals surface area contributed by atoms with E-state index in [1.54, 1.807) is 26.4 Å². The summed E-state index contributed by atoms with van der Waals surface area (Å²) in [5, 5.41) is 13.2. The Morgan fingerprint density at radius 2 is 1.20 bits per heavy atom. The minimum atomic E-state index is -0.327. The van der Waals surface area contributed by atoms with Crippen LogP contribution >= 0.6 is 23.2 Å². The molecule has 3 aromatic rings. The number of carbonyl (C=O) groups excluding carboxylic acids is 4. The summed E-state index contributed by atoms with van der Waals surface area (Å²) in [4.78, 5) is 50.3. The maximum atomic E-state index is 13.6. The Labute approximate surface area is 450 Å². The third-order valence-corrected chi connectivity index (χ3v) is 9.37. The molecule has 3 aromatic carbocycles. The van der Waals surface area contributed by atoms with Crippen LogP contribution in [0.15, 0.2) is 54.6 Å². The first-order valence-electron chi connectivity index (χ1n) is 18.8. The zero-order chi connectivity index (χ0) is 44.1. The Morgan fingerprint density at radius 3 is 1.54 bits per heavy atom. The van der Waals surface area contributed by atoms with Crippen LogP contribution in [-0.2, 0) is 9.68 Å². The zero-order valence-corrected chi connectivity index (χ0v) is 46.0. The zero-order valence-electron chi connectivity index (χ0n) is 39.2. The first kappa shape index (κ1) is 62.2. The van der Waals surface area contributed by atoms with Crippen LogP contribution in [-0.4, -0.2) is 61.3 Å². The molecule has 0 aromatic heterocycles. The molecule has 2 unspecified atom stereocenters. The van der Waals surface area contributed by atoms with Crippen LogP contribution < -0.4 is 128 Å². The van der Waals surface area contributed by atoms with Crippen molar-refractivity contribution < 1.29 is 143 Å². The normalized spacial score (nSPS) is 11.3. The molecule has 320 valence electrons. The van der Waals surface area contributed by atoms with E-state index >= 15 is 0 Å². The molecule has 2 N–H and O–H groups in total. The van der Waals surface area contributed by atoms with Crippen molar-refractivity contribution in [3.05, 3.63) is 93.5 Å². The van der Waals surface area contributed by atoms with E-state index in [1.807, 2.05) is 77.1 Å². The summed E-state index contributed by atoms with van der Waals surface area (Å²) in [6, 6.07) is 16.5. The van der Waals surface area contributed by atoms with Crippen LogP contribution in [0.2, 0.25) is 0 Å². The van der Waals surface area contributed by atoms with Crippen LogP contribution in [0.25, 0.3) is 0 Å². The molecule has 3 amide bonds. The van der Waals surface area contributed by atoms with Gasteiger partial charge >= 0.3 is 103 Å². The van der Waals surface area contributed by atoms with Gasteiger partial charge in [0.2, 0.25) is 0 Å². The third-order valence-electron chi connectivity index (χ3n) is 9.37. The number of hydrazine groups is 1. The fourth-order valence-electron chi connectivity index (χ4n) is 6.40. The number of carbonyl (C=O) groups is 4. The summed E-state index contributed by atoms with van der Waals surface area (Å²) in [7, 11) is 3.20. The molecule has 0 saturated heterocycles. The van der Waals surface area contributed by atoms with Gasteiger partial charge in [0.1, 0.15) is 11.5 Å². The van der Waals surface area contributed by atoms with Crippen molar-refractivity contribution in [1.29, 1.82) is 0 Å². The van der Waals surface area contributed by atoms with E-state index in [0.717, 1.165) is 34.4 Å². The molecule has 2 atom stereocenters. The largest absolute Gasteiger partial charge is 1.00 e. The second-order valence-corrected chi connectivity index (χ2v) is 16.3. The molecule has 15 heteroatoms. The van der Waals surface area contributed by atoms with Gasteiger partial charge in [-0.2, -0.15) is 0 Å². The van der Waals surface area contributed by atoms with Crippen LogP contribution in [0.3, 0.4) is 0 Å². The van der Waals surface area contributed by atoms with E-state index in [4.69, 9.17) is 42.7 Å². The number of ether oxygens (including phenoxy) is 2. The summed E-state index contributed by atoms with van der Waals surface area (Å²) in [6.45, 7) is 25.3. The van der Waals surface area contributed by atoms with Gasteiger partial charge in [0.15, 0.2) is 0 Å². The number of alkyl halides is 2. The predicted octanol–water partition coefficient (Wildman–Crippen LogP) is 3.01. The smallest absolute Gasteiger partial charge is 1.00 e. The van der Waals surface area contributed by atoms with Gasteiger partial charge in [0.05, 0.1) is 25.6 Å². The van der Waals surface area contributed by atoms with Gasteiger partial charge in [-0.25, -0.2) is 5.01 Å². The number of hydrogen-bond acceptors (Lipinski definition) is 8.